The van der Waals surface area contributed by atoms with E-state index < -0.39 is 16.3 Å². The van der Waals surface area contributed by atoms with E-state index in [4.69, 9.17) is 13.9 Å². The van der Waals surface area contributed by atoms with Crippen molar-refractivity contribution in [2.75, 3.05) is 12.8 Å². The molecule has 1 aromatic heterocycles. The van der Waals surface area contributed by atoms with Crippen LogP contribution in [0.15, 0.2) is 115 Å². The maximum Gasteiger partial charge on any atom is 0.511 e. The smallest absolute Gasteiger partial charge is 0.400 e. The van der Waals surface area contributed by atoms with E-state index in [9.17, 15) is 8.96 Å². The van der Waals surface area contributed by atoms with Crippen LogP contribution in [-0.2, 0) is 13.5 Å². The zero-order valence-corrected chi connectivity index (χ0v) is 32.6. The van der Waals surface area contributed by atoms with Crippen LogP contribution in [0, 0.1) is 24.6 Å². The minimum atomic E-state index is -2.82. The van der Waals surface area contributed by atoms with Crippen LogP contribution in [0.3, 0.4) is 0 Å². The van der Waals surface area contributed by atoms with E-state index in [0.29, 0.717) is 12.0 Å². The summed E-state index contributed by atoms with van der Waals surface area (Å²) in [6.45, 7) is 14.7. The minimum Gasteiger partial charge on any atom is -0.400 e. The van der Waals surface area contributed by atoms with Crippen molar-refractivity contribution < 1.29 is 17.9 Å². The fraction of sp³-hybridized carbons (Fsp3) is 0.295. The van der Waals surface area contributed by atoms with Crippen molar-refractivity contribution >= 4 is 26.7 Å². The summed E-state index contributed by atoms with van der Waals surface area (Å²) in [4.78, 5) is 5.05. The number of nitrogens with zero attached hydrogens (tertiary/aromatic N) is 1. The monoisotopic (exact) mass is 716 g/mol. The van der Waals surface area contributed by atoms with Crippen LogP contribution < -0.4 is 10.4 Å². The second-order valence-electron chi connectivity index (χ2n) is 14.2. The van der Waals surface area contributed by atoms with Crippen molar-refractivity contribution in [3.8, 4) is 34.2 Å². The van der Waals surface area contributed by atoms with E-state index in [1.807, 2.05) is 54.6 Å². The lowest BCUT2D eigenvalue weighted by molar-refractivity contribution is 0.200. The molecule has 0 saturated heterocycles. The zero-order valence-electron chi connectivity index (χ0n) is 30.7. The zero-order chi connectivity index (χ0) is 36.6. The second kappa shape index (κ2) is 16.8. The summed E-state index contributed by atoms with van der Waals surface area (Å²) in [5.74, 6) is 6.26. The molecule has 0 aliphatic rings. The Hall–Kier alpha value is -4.24. The third-order valence-electron chi connectivity index (χ3n) is 9.20. The van der Waals surface area contributed by atoms with Crippen LogP contribution in [0.1, 0.15) is 70.7 Å². The molecule has 0 aliphatic carbocycles. The standard InChI is InChI=1S/C44H48FNO3PSi/c1-8-36(49-51(44(5,6)7,37-21-14-10-15-22-37)38-23-16-11-17-24-38)31-50(47)48-28-18-25-39-40(35-26-27-41(45)33(4)29-35)30-42(46-43(39)32(2)3)34-19-12-9-13-20-34/h9-17,19-24,26-27,29-30,32,36H,8,28,31H2,1-7H3/q+1. The summed E-state index contributed by atoms with van der Waals surface area (Å²) in [5, 5.41) is 2.17. The molecule has 0 saturated carbocycles. The Labute approximate surface area is 305 Å². The summed E-state index contributed by atoms with van der Waals surface area (Å²) < 4.78 is 41.0. The highest BCUT2D eigenvalue weighted by atomic mass is 31.1. The molecule has 7 heteroatoms. The lowest BCUT2D eigenvalue weighted by Crippen LogP contribution is -2.67. The van der Waals surface area contributed by atoms with Gasteiger partial charge in [-0.05, 0) is 68.6 Å². The summed E-state index contributed by atoms with van der Waals surface area (Å²) in [7, 11) is -4.88. The molecule has 0 aliphatic heterocycles. The van der Waals surface area contributed by atoms with Crippen molar-refractivity contribution in [3.63, 3.8) is 0 Å². The molecule has 0 spiro atoms. The first-order chi connectivity index (χ1) is 24.4. The van der Waals surface area contributed by atoms with Crippen molar-refractivity contribution in [1.29, 1.82) is 0 Å². The van der Waals surface area contributed by atoms with E-state index in [0.717, 1.165) is 33.6 Å². The normalized spacial score (nSPS) is 12.7. The second-order valence-corrected chi connectivity index (χ2v) is 19.7. The largest absolute Gasteiger partial charge is 0.511 e. The Kier molecular flexibility index (Phi) is 12.6. The van der Waals surface area contributed by atoms with Gasteiger partial charge in [0, 0.05) is 11.1 Å². The third kappa shape index (κ3) is 8.80. The fourth-order valence-electron chi connectivity index (χ4n) is 6.55. The number of pyridine rings is 1. The Balaban J connectivity index is 1.41. The van der Waals surface area contributed by atoms with Crippen molar-refractivity contribution in [2.45, 2.75) is 71.9 Å². The van der Waals surface area contributed by atoms with Crippen molar-refractivity contribution in [1.82, 2.24) is 4.98 Å². The van der Waals surface area contributed by atoms with Crippen molar-refractivity contribution in [3.05, 3.63) is 138 Å². The SMILES string of the molecule is CCC(C[P+](=O)OCC#Cc1c(-c2ccc(F)c(C)c2)cc(-c2ccccc2)nc1C(C)C)O[Si](c1ccccc1)(c1ccccc1)C(C)(C)C. The van der Waals surface area contributed by atoms with Gasteiger partial charge in [0.15, 0.2) is 6.61 Å². The topological polar surface area (TPSA) is 48.4 Å². The molecule has 5 aromatic rings. The van der Waals surface area contributed by atoms with Crippen LogP contribution in [-0.4, -0.2) is 32.2 Å². The average molecular weight is 717 g/mol. The highest BCUT2D eigenvalue weighted by Crippen LogP contribution is 2.39. The van der Waals surface area contributed by atoms with Gasteiger partial charge in [-0.3, -0.25) is 4.98 Å². The first kappa shape index (κ1) is 38.0. The Morgan fingerprint density at radius 3 is 1.96 bits per heavy atom. The molecule has 4 aromatic carbocycles. The van der Waals surface area contributed by atoms with Gasteiger partial charge in [0.25, 0.3) is 8.32 Å². The highest BCUT2D eigenvalue weighted by molar-refractivity contribution is 7.39. The van der Waals surface area contributed by atoms with Gasteiger partial charge in [0.05, 0.1) is 23.1 Å². The lowest BCUT2D eigenvalue weighted by Gasteiger charge is -2.44. The number of aromatic nitrogens is 1. The predicted octanol–water partition coefficient (Wildman–Crippen LogP) is 10.5. The summed E-state index contributed by atoms with van der Waals surface area (Å²) >= 11 is 0. The number of aryl methyl sites for hydroxylation is 1. The van der Waals surface area contributed by atoms with Gasteiger partial charge in [-0.1, -0.05) is 150 Å². The number of halogens is 1. The van der Waals surface area contributed by atoms with E-state index >= 15 is 0 Å². The van der Waals surface area contributed by atoms with Crippen LogP contribution in [0.25, 0.3) is 22.4 Å². The highest BCUT2D eigenvalue weighted by Gasteiger charge is 2.52. The van der Waals surface area contributed by atoms with Crippen LogP contribution in [0.2, 0.25) is 5.04 Å². The van der Waals surface area contributed by atoms with Crippen LogP contribution in [0.5, 0.6) is 0 Å². The third-order valence-corrected chi connectivity index (χ3v) is 15.4. The summed E-state index contributed by atoms with van der Waals surface area (Å²) in [6, 6.07) is 38.1. The number of rotatable bonds is 12. The van der Waals surface area contributed by atoms with Gasteiger partial charge in [-0.25, -0.2) is 4.39 Å². The van der Waals surface area contributed by atoms with E-state index in [1.165, 1.54) is 16.4 Å². The molecule has 0 fully saturated rings. The quantitative estimate of drug-likeness (QED) is 0.0733. The predicted molar refractivity (Wildman–Crippen MR) is 212 cm³/mol. The summed E-state index contributed by atoms with van der Waals surface area (Å²) in [6.07, 6.45) is 0.685. The molecule has 4 nitrogen and oxygen atoms in total. The van der Waals surface area contributed by atoms with Gasteiger partial charge in [0.1, 0.15) is 5.82 Å². The first-order valence-corrected chi connectivity index (χ1v) is 20.9. The fourth-order valence-corrected chi connectivity index (χ4v) is 12.4. The van der Waals surface area contributed by atoms with Gasteiger partial charge >= 0.3 is 8.03 Å². The molecule has 5 rings (SSSR count). The molecule has 0 amide bonds. The van der Waals surface area contributed by atoms with E-state index in [1.54, 1.807) is 13.0 Å². The first-order valence-electron chi connectivity index (χ1n) is 17.7. The lowest BCUT2D eigenvalue weighted by atomic mass is 9.92. The molecule has 0 radical (unpaired) electrons. The van der Waals surface area contributed by atoms with Crippen molar-refractivity contribution in [2.24, 2.45) is 0 Å². The number of hydrogen-bond acceptors (Lipinski definition) is 4. The maximum atomic E-state index is 14.3. The molecule has 51 heavy (non-hydrogen) atoms. The van der Waals surface area contributed by atoms with Crippen LogP contribution in [0.4, 0.5) is 4.39 Å². The molecule has 0 bridgehead atoms. The van der Waals surface area contributed by atoms with Gasteiger partial charge in [0.2, 0.25) is 6.16 Å². The summed E-state index contributed by atoms with van der Waals surface area (Å²) in [5.41, 5.74) is 5.71. The Bertz CT molecular complexity index is 1960. The van der Waals surface area contributed by atoms with Crippen LogP contribution >= 0.6 is 8.03 Å². The molecule has 262 valence electrons. The maximum absolute atomic E-state index is 14.3. The molecule has 0 N–H and O–H groups in total. The van der Waals surface area contributed by atoms with Gasteiger partial charge in [-0.2, -0.15) is 0 Å². The molecular formula is C44H48FNO3PSi+. The molecule has 2 unspecified atom stereocenters. The minimum absolute atomic E-state index is 0.00922. The number of benzene rings is 4. The molecule has 1 heterocycles. The van der Waals surface area contributed by atoms with E-state index in [2.05, 4.69) is 102 Å². The number of hydrogen-bond donors (Lipinski definition) is 0. The van der Waals surface area contributed by atoms with Gasteiger partial charge < -0.3 is 4.43 Å². The molecular weight excluding hydrogens is 669 g/mol. The molecule has 2 atom stereocenters. The Morgan fingerprint density at radius 2 is 1.43 bits per heavy atom. The average Bonchev–Trinajstić information content (AvgIpc) is 3.13. The van der Waals surface area contributed by atoms with Gasteiger partial charge in [-0.15, -0.1) is 4.52 Å². The van der Waals surface area contributed by atoms with E-state index in [-0.39, 0.29) is 35.6 Å². The Morgan fingerprint density at radius 1 is 0.843 bits per heavy atom.